The molecule has 5 rings (SSSR count). The Morgan fingerprint density at radius 1 is 0.978 bits per heavy atom. The highest BCUT2D eigenvalue weighted by Gasteiger charge is 2.29. The second-order valence-corrected chi connectivity index (χ2v) is 12.3. The maximum Gasteiger partial charge on any atom is 0.247 e. The van der Waals surface area contributed by atoms with Crippen molar-refractivity contribution >= 4 is 17.5 Å². The molecular weight excluding hydrogens is 564 g/mol. The number of rotatable bonds is 12. The van der Waals surface area contributed by atoms with Crippen molar-refractivity contribution in [2.24, 2.45) is 17.6 Å². The quantitative estimate of drug-likeness (QED) is 0.160. The summed E-state index contributed by atoms with van der Waals surface area (Å²) < 4.78 is 5.11. The smallest absolute Gasteiger partial charge is 0.247 e. The molecule has 236 valence electrons. The molecule has 45 heavy (non-hydrogen) atoms. The zero-order valence-electron chi connectivity index (χ0n) is 26.4. The van der Waals surface area contributed by atoms with Crippen molar-refractivity contribution in [3.8, 4) is 22.5 Å². The van der Waals surface area contributed by atoms with Gasteiger partial charge in [0.05, 0.1) is 0 Å². The summed E-state index contributed by atoms with van der Waals surface area (Å²) in [5.41, 5.74) is 11.8. The Bertz CT molecular complexity index is 1570. The molecule has 1 aliphatic carbocycles. The lowest BCUT2D eigenvalue weighted by Gasteiger charge is -2.28. The average molecular weight is 609 g/mol. The summed E-state index contributed by atoms with van der Waals surface area (Å²) in [4.78, 5) is 31.7. The lowest BCUT2D eigenvalue weighted by atomic mass is 9.81. The van der Waals surface area contributed by atoms with Crippen molar-refractivity contribution in [1.29, 1.82) is 0 Å². The Labute approximate surface area is 265 Å². The van der Waals surface area contributed by atoms with Gasteiger partial charge in [0.25, 0.3) is 0 Å². The van der Waals surface area contributed by atoms with E-state index in [1.54, 1.807) is 7.11 Å². The molecule has 5 N–H and O–H groups in total. The van der Waals surface area contributed by atoms with Gasteiger partial charge in [-0.2, -0.15) is 5.10 Å². The van der Waals surface area contributed by atoms with Gasteiger partial charge >= 0.3 is 0 Å². The molecule has 1 heterocycles. The summed E-state index contributed by atoms with van der Waals surface area (Å²) in [6.07, 6.45) is 3.82. The minimum absolute atomic E-state index is 0.0706. The summed E-state index contributed by atoms with van der Waals surface area (Å²) in [7, 11) is 1.60. The van der Waals surface area contributed by atoms with Crippen LogP contribution in [0.3, 0.4) is 0 Å². The molecule has 3 aromatic carbocycles. The number of aromatic nitrogens is 3. The Morgan fingerprint density at radius 3 is 2.44 bits per heavy atom. The van der Waals surface area contributed by atoms with Crippen molar-refractivity contribution in [2.45, 2.75) is 64.5 Å². The number of ether oxygens (including phenoxy) is 1. The SMILES string of the molecule is COCc1nc(-c2ccc(NC(=O)C(Cc3cccc(-c4ccccc4C(C)C)c3)NC(=O)C3CCC(CN)CC3)cc2)n[nH]1. The zero-order chi connectivity index (χ0) is 31.8. The highest BCUT2D eigenvalue weighted by atomic mass is 16.5. The van der Waals surface area contributed by atoms with Crippen LogP contribution in [0.1, 0.15) is 62.4 Å². The number of aromatic amines is 1. The van der Waals surface area contributed by atoms with Gasteiger partial charge in [-0.25, -0.2) is 4.98 Å². The third-order valence-corrected chi connectivity index (χ3v) is 8.67. The fraction of sp³-hybridized carbons (Fsp3) is 0.389. The number of anilines is 1. The zero-order valence-corrected chi connectivity index (χ0v) is 26.4. The molecule has 9 heteroatoms. The number of nitrogens with zero attached hydrogens (tertiary/aromatic N) is 2. The van der Waals surface area contributed by atoms with Crippen LogP contribution in [0.2, 0.25) is 0 Å². The summed E-state index contributed by atoms with van der Waals surface area (Å²) in [6.45, 7) is 5.38. The fourth-order valence-corrected chi connectivity index (χ4v) is 6.08. The Morgan fingerprint density at radius 2 is 1.73 bits per heavy atom. The van der Waals surface area contributed by atoms with E-state index in [-0.39, 0.29) is 17.7 Å². The largest absolute Gasteiger partial charge is 0.377 e. The van der Waals surface area contributed by atoms with Gasteiger partial charge in [-0.3, -0.25) is 14.7 Å². The predicted molar refractivity (Wildman–Crippen MR) is 177 cm³/mol. The van der Waals surface area contributed by atoms with Gasteiger partial charge in [0.1, 0.15) is 12.6 Å². The van der Waals surface area contributed by atoms with Crippen LogP contribution < -0.4 is 16.4 Å². The summed E-state index contributed by atoms with van der Waals surface area (Å²) in [6, 6.07) is 23.3. The van der Waals surface area contributed by atoms with Crippen LogP contribution in [0, 0.1) is 11.8 Å². The number of methoxy groups -OCH3 is 1. The van der Waals surface area contributed by atoms with Gasteiger partial charge in [-0.15, -0.1) is 0 Å². The van der Waals surface area contributed by atoms with E-state index in [9.17, 15) is 9.59 Å². The maximum absolute atomic E-state index is 13.8. The van der Waals surface area contributed by atoms with Crippen LogP contribution in [0.25, 0.3) is 22.5 Å². The van der Waals surface area contributed by atoms with Gasteiger partial charge in [0.15, 0.2) is 11.6 Å². The number of hydrogen-bond donors (Lipinski definition) is 4. The van der Waals surface area contributed by atoms with Crippen molar-refractivity contribution in [1.82, 2.24) is 20.5 Å². The molecule has 0 spiro atoms. The van der Waals surface area contributed by atoms with Crippen molar-refractivity contribution < 1.29 is 14.3 Å². The number of nitrogens with one attached hydrogen (secondary N) is 3. The van der Waals surface area contributed by atoms with Crippen molar-refractivity contribution in [2.75, 3.05) is 19.0 Å². The molecular formula is C36H44N6O3. The van der Waals surface area contributed by atoms with E-state index in [0.717, 1.165) is 42.4 Å². The molecule has 0 radical (unpaired) electrons. The molecule has 2 amide bonds. The van der Waals surface area contributed by atoms with E-state index in [4.69, 9.17) is 10.5 Å². The van der Waals surface area contributed by atoms with Crippen LogP contribution in [-0.2, 0) is 27.4 Å². The van der Waals surface area contributed by atoms with Crippen LogP contribution in [0.4, 0.5) is 5.69 Å². The molecule has 1 atom stereocenters. The van der Waals surface area contributed by atoms with Gasteiger partial charge in [0, 0.05) is 30.7 Å². The number of amides is 2. The minimum atomic E-state index is -0.746. The summed E-state index contributed by atoms with van der Waals surface area (Å²) >= 11 is 0. The number of hydrogen-bond acceptors (Lipinski definition) is 6. The van der Waals surface area contributed by atoms with E-state index in [1.165, 1.54) is 11.1 Å². The number of carbonyl (C=O) groups is 2. The van der Waals surface area contributed by atoms with E-state index in [0.29, 0.717) is 48.7 Å². The topological polar surface area (TPSA) is 135 Å². The molecule has 0 bridgehead atoms. The normalized spacial score (nSPS) is 17.2. The molecule has 1 unspecified atom stereocenters. The van der Waals surface area contributed by atoms with E-state index in [1.807, 2.05) is 36.4 Å². The van der Waals surface area contributed by atoms with Gasteiger partial charge in [-0.1, -0.05) is 62.4 Å². The van der Waals surface area contributed by atoms with Gasteiger partial charge in [-0.05, 0) is 90.6 Å². The first-order valence-corrected chi connectivity index (χ1v) is 15.8. The summed E-state index contributed by atoms with van der Waals surface area (Å²) in [5.74, 6) is 1.58. The second-order valence-electron chi connectivity index (χ2n) is 12.3. The third kappa shape index (κ3) is 8.23. The molecule has 1 fully saturated rings. The first-order chi connectivity index (χ1) is 21.8. The van der Waals surface area contributed by atoms with Crippen LogP contribution in [0.15, 0.2) is 72.8 Å². The van der Waals surface area contributed by atoms with Crippen LogP contribution in [0.5, 0.6) is 0 Å². The van der Waals surface area contributed by atoms with E-state index in [2.05, 4.69) is 76.1 Å². The Balaban J connectivity index is 1.34. The predicted octanol–water partition coefficient (Wildman–Crippen LogP) is 5.84. The molecule has 1 aromatic heterocycles. The highest BCUT2D eigenvalue weighted by molar-refractivity contribution is 5.97. The number of carbonyl (C=O) groups excluding carboxylic acids is 2. The van der Waals surface area contributed by atoms with Crippen molar-refractivity contribution in [3.63, 3.8) is 0 Å². The fourth-order valence-electron chi connectivity index (χ4n) is 6.08. The van der Waals surface area contributed by atoms with Gasteiger partial charge in [0.2, 0.25) is 11.8 Å². The first-order valence-electron chi connectivity index (χ1n) is 15.8. The number of benzene rings is 3. The maximum atomic E-state index is 13.8. The lowest BCUT2D eigenvalue weighted by Crippen LogP contribution is -2.48. The van der Waals surface area contributed by atoms with Gasteiger partial charge < -0.3 is 21.1 Å². The third-order valence-electron chi connectivity index (χ3n) is 8.67. The average Bonchev–Trinajstić information content (AvgIpc) is 3.53. The molecule has 9 nitrogen and oxygen atoms in total. The van der Waals surface area contributed by atoms with Crippen molar-refractivity contribution in [3.05, 3.63) is 89.7 Å². The number of nitrogens with two attached hydrogens (primary N) is 1. The Hall–Kier alpha value is -4.34. The molecule has 1 aliphatic rings. The van der Waals surface area contributed by atoms with E-state index < -0.39 is 6.04 Å². The number of H-pyrrole nitrogens is 1. The Kier molecular flexibility index (Phi) is 10.8. The lowest BCUT2D eigenvalue weighted by molar-refractivity contribution is -0.130. The van der Waals surface area contributed by atoms with Crippen LogP contribution >= 0.6 is 0 Å². The van der Waals surface area contributed by atoms with Crippen LogP contribution in [-0.4, -0.2) is 46.7 Å². The first kappa shape index (κ1) is 32.1. The molecule has 1 saturated carbocycles. The second kappa shape index (κ2) is 15.1. The minimum Gasteiger partial charge on any atom is -0.377 e. The summed E-state index contributed by atoms with van der Waals surface area (Å²) in [5, 5.41) is 13.2. The monoisotopic (exact) mass is 608 g/mol. The standard InChI is InChI=1S/C36H44N6O3/c1-23(2)30-9-4-5-10-31(30)28-8-6-7-25(19-28)20-32(39-35(43)27-13-11-24(21-37)12-14-27)36(44)38-29-17-15-26(16-18-29)34-40-33(22-45-3)41-42-34/h4-10,15-19,23-24,27,32H,11-14,20-22,37H2,1-3H3,(H,38,44)(H,39,43)(H,40,41,42). The molecule has 4 aromatic rings. The van der Waals surface area contributed by atoms with E-state index >= 15 is 0 Å². The molecule has 0 aliphatic heterocycles. The highest BCUT2D eigenvalue weighted by Crippen LogP contribution is 2.31. The molecule has 0 saturated heterocycles.